The number of carbonyl (C=O) groups is 1. The van der Waals surface area contributed by atoms with Gasteiger partial charge in [0.1, 0.15) is 30.2 Å². The van der Waals surface area contributed by atoms with Gasteiger partial charge in [-0.2, -0.15) is 0 Å². The Kier molecular flexibility index (Phi) is 6.31. The number of furan rings is 1. The van der Waals surface area contributed by atoms with E-state index in [0.29, 0.717) is 5.76 Å². The molecule has 1 heterocycles. The number of aliphatic hydroxyl groups excluding tert-OH is 5. The van der Waals surface area contributed by atoms with E-state index >= 15 is 0 Å². The number of aryl methyl sites for hydroxylation is 1. The number of hydrogen-bond donors (Lipinski definition) is 5. The first-order valence-corrected chi connectivity index (χ1v) is 6.43. The van der Waals surface area contributed by atoms with E-state index in [-0.39, 0.29) is 12.3 Å². The Morgan fingerprint density at radius 3 is 2.24 bits per heavy atom. The number of likely N-dealkylation sites (N-methyl/N-ethyl adjacent to an activating group) is 1. The molecule has 0 spiro atoms. The van der Waals surface area contributed by atoms with Gasteiger partial charge in [-0.05, 0) is 19.1 Å². The second-order valence-corrected chi connectivity index (χ2v) is 4.89. The van der Waals surface area contributed by atoms with Crippen LogP contribution in [0.25, 0.3) is 0 Å². The summed E-state index contributed by atoms with van der Waals surface area (Å²) in [5, 5.41) is 46.8. The van der Waals surface area contributed by atoms with E-state index in [4.69, 9.17) is 9.52 Å². The van der Waals surface area contributed by atoms with Crippen molar-refractivity contribution in [3.8, 4) is 0 Å². The molecule has 1 aromatic heterocycles. The van der Waals surface area contributed by atoms with Crippen molar-refractivity contribution in [2.45, 2.75) is 31.3 Å². The molecule has 1 aromatic rings. The zero-order chi connectivity index (χ0) is 16.2. The first kappa shape index (κ1) is 17.6. The molecule has 0 saturated heterocycles. The van der Waals surface area contributed by atoms with Crippen LogP contribution in [0.5, 0.6) is 0 Å². The summed E-state index contributed by atoms with van der Waals surface area (Å²) >= 11 is 0. The lowest BCUT2D eigenvalue weighted by molar-refractivity contribution is -0.117. The van der Waals surface area contributed by atoms with Gasteiger partial charge in [-0.3, -0.25) is 4.79 Å². The van der Waals surface area contributed by atoms with Crippen LogP contribution in [-0.4, -0.2) is 81.0 Å². The molecule has 0 aliphatic heterocycles. The minimum atomic E-state index is -1.72. The van der Waals surface area contributed by atoms with Crippen molar-refractivity contribution in [1.29, 1.82) is 0 Å². The van der Waals surface area contributed by atoms with Gasteiger partial charge in [-0.25, -0.2) is 0 Å². The molecule has 0 bridgehead atoms. The number of rotatable bonds is 7. The zero-order valence-corrected chi connectivity index (χ0v) is 11.9. The van der Waals surface area contributed by atoms with Crippen molar-refractivity contribution in [2.75, 3.05) is 20.2 Å². The van der Waals surface area contributed by atoms with Crippen molar-refractivity contribution in [1.82, 2.24) is 4.90 Å². The van der Waals surface area contributed by atoms with Crippen LogP contribution < -0.4 is 0 Å². The molecule has 120 valence electrons. The number of aliphatic hydroxyl groups is 5. The van der Waals surface area contributed by atoms with E-state index < -0.39 is 36.9 Å². The topological polar surface area (TPSA) is 135 Å². The van der Waals surface area contributed by atoms with Crippen LogP contribution in [0.4, 0.5) is 0 Å². The highest BCUT2D eigenvalue weighted by atomic mass is 16.4. The largest absolute Gasteiger partial charge is 0.456 e. The number of nitrogens with zero attached hydrogens (tertiary/aromatic N) is 1. The molecule has 0 radical (unpaired) electrons. The van der Waals surface area contributed by atoms with Gasteiger partial charge >= 0.3 is 0 Å². The summed E-state index contributed by atoms with van der Waals surface area (Å²) in [7, 11) is 1.39. The lowest BCUT2D eigenvalue weighted by atomic mass is 10.0. The molecule has 0 aromatic carbocycles. The molecule has 21 heavy (non-hydrogen) atoms. The maximum absolute atomic E-state index is 12.0. The maximum atomic E-state index is 12.0. The molecule has 0 aliphatic rings. The third-order valence-corrected chi connectivity index (χ3v) is 3.08. The summed E-state index contributed by atoms with van der Waals surface area (Å²) in [6, 6.07) is 3.11. The fraction of sp³-hybridized carbons (Fsp3) is 0.615. The normalized spacial score (nSPS) is 17.1. The van der Waals surface area contributed by atoms with E-state index in [1.165, 1.54) is 13.1 Å². The van der Waals surface area contributed by atoms with E-state index in [2.05, 4.69) is 0 Å². The van der Waals surface area contributed by atoms with Crippen LogP contribution in [-0.2, 0) is 0 Å². The Bertz CT molecular complexity index is 461. The van der Waals surface area contributed by atoms with Crippen molar-refractivity contribution in [2.24, 2.45) is 0 Å². The van der Waals surface area contributed by atoms with Gasteiger partial charge in [-0.15, -0.1) is 0 Å². The predicted molar refractivity (Wildman–Crippen MR) is 71.5 cm³/mol. The van der Waals surface area contributed by atoms with Crippen molar-refractivity contribution >= 4 is 5.91 Å². The Labute approximate surface area is 121 Å². The molecular weight excluding hydrogens is 282 g/mol. The van der Waals surface area contributed by atoms with Gasteiger partial charge in [0, 0.05) is 13.6 Å². The van der Waals surface area contributed by atoms with Crippen molar-refractivity contribution < 1.29 is 34.7 Å². The van der Waals surface area contributed by atoms with Gasteiger partial charge in [-0.1, -0.05) is 0 Å². The summed E-state index contributed by atoms with van der Waals surface area (Å²) in [4.78, 5) is 13.1. The van der Waals surface area contributed by atoms with Crippen LogP contribution in [0.1, 0.15) is 16.3 Å². The molecule has 0 fully saturated rings. The fourth-order valence-electron chi connectivity index (χ4n) is 1.77. The second-order valence-electron chi connectivity index (χ2n) is 4.89. The molecule has 0 aliphatic carbocycles. The van der Waals surface area contributed by atoms with Crippen LogP contribution >= 0.6 is 0 Å². The summed E-state index contributed by atoms with van der Waals surface area (Å²) in [5.41, 5.74) is 0. The molecular formula is C13H21NO7. The highest BCUT2D eigenvalue weighted by Gasteiger charge is 2.31. The monoisotopic (exact) mass is 303 g/mol. The zero-order valence-electron chi connectivity index (χ0n) is 11.9. The molecule has 4 unspecified atom stereocenters. The minimum absolute atomic E-state index is 0.0904. The van der Waals surface area contributed by atoms with Crippen LogP contribution in [0.15, 0.2) is 16.5 Å². The smallest absolute Gasteiger partial charge is 0.289 e. The third-order valence-electron chi connectivity index (χ3n) is 3.08. The predicted octanol–water partition coefficient (Wildman–Crippen LogP) is -1.90. The van der Waals surface area contributed by atoms with Gasteiger partial charge in [0.05, 0.1) is 6.61 Å². The van der Waals surface area contributed by atoms with E-state index in [0.717, 1.165) is 4.90 Å². The Morgan fingerprint density at radius 2 is 1.76 bits per heavy atom. The average Bonchev–Trinajstić information content (AvgIpc) is 2.90. The molecule has 8 nitrogen and oxygen atoms in total. The Balaban J connectivity index is 2.61. The van der Waals surface area contributed by atoms with Gasteiger partial charge in [0.25, 0.3) is 5.91 Å². The maximum Gasteiger partial charge on any atom is 0.289 e. The number of amides is 1. The van der Waals surface area contributed by atoms with E-state index in [1.807, 2.05) is 0 Å². The molecule has 0 saturated carbocycles. The van der Waals surface area contributed by atoms with Gasteiger partial charge in [0.2, 0.25) is 0 Å². The Morgan fingerprint density at radius 1 is 1.19 bits per heavy atom. The summed E-state index contributed by atoms with van der Waals surface area (Å²) in [6.07, 6.45) is -6.50. The Hall–Kier alpha value is -1.45. The van der Waals surface area contributed by atoms with Crippen molar-refractivity contribution in [3.05, 3.63) is 23.7 Å². The standard InChI is InChI=1S/C13H21NO7/c1-7-3-4-10(21-7)13(20)14(2)5-8(16)11(18)12(19)9(17)6-15/h3-4,8-9,11-12,15-19H,5-6H2,1-2H3. The SMILES string of the molecule is Cc1ccc(C(=O)N(C)CC(O)C(O)C(O)C(O)CO)o1. The molecule has 4 atom stereocenters. The lowest BCUT2D eigenvalue weighted by Gasteiger charge is -2.28. The highest BCUT2D eigenvalue weighted by Crippen LogP contribution is 2.11. The van der Waals surface area contributed by atoms with E-state index in [1.54, 1.807) is 13.0 Å². The van der Waals surface area contributed by atoms with Crippen LogP contribution in [0, 0.1) is 6.92 Å². The first-order chi connectivity index (χ1) is 9.77. The highest BCUT2D eigenvalue weighted by molar-refractivity contribution is 5.91. The number of hydrogen-bond acceptors (Lipinski definition) is 7. The van der Waals surface area contributed by atoms with Crippen molar-refractivity contribution in [3.63, 3.8) is 0 Å². The van der Waals surface area contributed by atoms with Gasteiger partial charge in [0.15, 0.2) is 5.76 Å². The van der Waals surface area contributed by atoms with Crippen LogP contribution in [0.3, 0.4) is 0 Å². The number of carbonyl (C=O) groups excluding carboxylic acids is 1. The lowest BCUT2D eigenvalue weighted by Crippen LogP contribution is -2.49. The second kappa shape index (κ2) is 7.53. The summed E-state index contributed by atoms with van der Waals surface area (Å²) in [5.74, 6) is 0.160. The van der Waals surface area contributed by atoms with Crippen LogP contribution in [0.2, 0.25) is 0 Å². The van der Waals surface area contributed by atoms with Gasteiger partial charge < -0.3 is 34.8 Å². The molecule has 8 heteroatoms. The molecule has 5 N–H and O–H groups in total. The summed E-state index contributed by atoms with van der Waals surface area (Å²) < 4.78 is 5.15. The quantitative estimate of drug-likeness (QED) is 0.397. The summed E-state index contributed by atoms with van der Waals surface area (Å²) in [6.45, 7) is 0.641. The molecule has 1 rings (SSSR count). The average molecular weight is 303 g/mol. The van der Waals surface area contributed by atoms with E-state index in [9.17, 15) is 25.2 Å². The first-order valence-electron chi connectivity index (χ1n) is 6.43. The molecule has 1 amide bonds. The fourth-order valence-corrected chi connectivity index (χ4v) is 1.77. The minimum Gasteiger partial charge on any atom is -0.456 e. The third kappa shape index (κ3) is 4.51.